The first-order valence-electron chi connectivity index (χ1n) is 10.6. The highest BCUT2D eigenvalue weighted by Crippen LogP contribution is 2.34. The Bertz CT molecular complexity index is 1430. The molecule has 0 saturated carbocycles. The van der Waals surface area contributed by atoms with Crippen molar-refractivity contribution in [2.24, 2.45) is 0 Å². The van der Waals surface area contributed by atoms with Crippen molar-refractivity contribution in [2.45, 2.75) is 18.8 Å². The molecule has 1 fully saturated rings. The highest BCUT2D eigenvalue weighted by Gasteiger charge is 2.23. The summed E-state index contributed by atoms with van der Waals surface area (Å²) in [5, 5.41) is 8.34. The Kier molecular flexibility index (Phi) is 4.43. The van der Waals surface area contributed by atoms with Gasteiger partial charge in [-0.2, -0.15) is 5.10 Å². The molecule has 0 aliphatic carbocycles. The molecule has 8 nitrogen and oxygen atoms in total. The maximum atomic E-state index is 13.6. The largest absolute Gasteiger partial charge is 0.321 e. The molecule has 0 spiro atoms. The van der Waals surface area contributed by atoms with E-state index in [2.05, 4.69) is 48.1 Å². The number of hydrogen-bond acceptors (Lipinski definition) is 6. The molecule has 5 aromatic heterocycles. The number of piperidine rings is 1. The normalized spacial score (nSPS) is 15.7. The summed E-state index contributed by atoms with van der Waals surface area (Å²) in [6, 6.07) is 5.38. The number of hydrogen-bond donors (Lipinski definition) is 2. The molecule has 1 aliphatic heterocycles. The third kappa shape index (κ3) is 3.21. The van der Waals surface area contributed by atoms with Crippen LogP contribution in [0.2, 0.25) is 0 Å². The quantitative estimate of drug-likeness (QED) is 0.452. The Hall–Kier alpha value is -3.72. The first-order valence-corrected chi connectivity index (χ1v) is 10.6. The maximum Gasteiger partial charge on any atom is 0.160 e. The predicted octanol–water partition coefficient (Wildman–Crippen LogP) is 3.91. The van der Waals surface area contributed by atoms with E-state index >= 15 is 0 Å². The summed E-state index contributed by atoms with van der Waals surface area (Å²) in [6.45, 7) is 2.17. The van der Waals surface area contributed by atoms with E-state index in [0.29, 0.717) is 28.7 Å². The van der Waals surface area contributed by atoms with E-state index in [-0.39, 0.29) is 0 Å². The van der Waals surface area contributed by atoms with Crippen LogP contribution in [0, 0.1) is 5.82 Å². The Morgan fingerprint density at radius 1 is 1.09 bits per heavy atom. The molecule has 5 aromatic rings. The van der Waals surface area contributed by atoms with Crippen molar-refractivity contribution in [3.8, 4) is 22.8 Å². The molecule has 1 saturated heterocycles. The second kappa shape index (κ2) is 7.45. The number of aromatic amines is 2. The molecule has 9 heteroatoms. The average molecular weight is 428 g/mol. The van der Waals surface area contributed by atoms with E-state index in [1.165, 1.54) is 17.8 Å². The van der Waals surface area contributed by atoms with E-state index in [0.717, 1.165) is 48.0 Å². The van der Waals surface area contributed by atoms with Crippen LogP contribution in [0.3, 0.4) is 0 Å². The number of nitrogens with one attached hydrogen (secondary N) is 2. The molecule has 6 rings (SSSR count). The van der Waals surface area contributed by atoms with Gasteiger partial charge in [-0.15, -0.1) is 0 Å². The standard InChI is InChI=1S/C23H21FN8/c1-32-6-3-13(4-7-32)16-2-5-26-22-20(16)28-23(29-22)21-17-9-18(27-12-19(17)30-31-21)14-8-15(24)11-25-10-14/h2,5,8-13H,3-4,6-7H2,1H3,(H,30,31)(H,26,28,29). The van der Waals surface area contributed by atoms with Gasteiger partial charge in [-0.05, 0) is 62.7 Å². The van der Waals surface area contributed by atoms with Gasteiger partial charge in [-0.1, -0.05) is 0 Å². The molecular formula is C23H21FN8. The van der Waals surface area contributed by atoms with E-state index < -0.39 is 5.82 Å². The van der Waals surface area contributed by atoms with Crippen LogP contribution in [0.1, 0.15) is 24.3 Å². The van der Waals surface area contributed by atoms with Crippen molar-refractivity contribution in [3.63, 3.8) is 0 Å². The Morgan fingerprint density at radius 3 is 2.81 bits per heavy atom. The summed E-state index contributed by atoms with van der Waals surface area (Å²) in [5.41, 5.74) is 5.58. The zero-order valence-corrected chi connectivity index (χ0v) is 17.5. The molecule has 0 atom stereocenters. The lowest BCUT2D eigenvalue weighted by Gasteiger charge is -2.29. The lowest BCUT2D eigenvalue weighted by atomic mass is 9.89. The number of imidazole rings is 1. The van der Waals surface area contributed by atoms with Gasteiger partial charge in [0.1, 0.15) is 17.0 Å². The number of H-pyrrole nitrogens is 2. The van der Waals surface area contributed by atoms with Gasteiger partial charge in [0, 0.05) is 23.3 Å². The molecule has 160 valence electrons. The molecule has 0 radical (unpaired) electrons. The number of aromatic nitrogens is 7. The molecule has 0 aromatic carbocycles. The Balaban J connectivity index is 1.44. The number of fused-ring (bicyclic) bond motifs is 2. The van der Waals surface area contributed by atoms with Crippen LogP contribution in [0.4, 0.5) is 4.39 Å². The van der Waals surface area contributed by atoms with Crippen LogP contribution < -0.4 is 0 Å². The molecule has 0 amide bonds. The fourth-order valence-corrected chi connectivity index (χ4v) is 4.50. The van der Waals surface area contributed by atoms with Gasteiger partial charge in [0.25, 0.3) is 0 Å². The van der Waals surface area contributed by atoms with Crippen molar-refractivity contribution in [3.05, 3.63) is 54.4 Å². The molecule has 6 heterocycles. The predicted molar refractivity (Wildman–Crippen MR) is 119 cm³/mol. The van der Waals surface area contributed by atoms with Crippen LogP contribution >= 0.6 is 0 Å². The van der Waals surface area contributed by atoms with Crippen LogP contribution in [0.15, 0.2) is 43.0 Å². The topological polar surface area (TPSA) is 99.3 Å². The summed E-state index contributed by atoms with van der Waals surface area (Å²) in [4.78, 5) is 23.5. The molecule has 0 bridgehead atoms. The highest BCUT2D eigenvalue weighted by molar-refractivity contribution is 5.94. The monoisotopic (exact) mass is 428 g/mol. The van der Waals surface area contributed by atoms with Crippen molar-refractivity contribution in [1.82, 2.24) is 40.0 Å². The van der Waals surface area contributed by atoms with Gasteiger partial charge in [0.15, 0.2) is 11.5 Å². The second-order valence-corrected chi connectivity index (χ2v) is 8.34. The number of halogens is 1. The summed E-state index contributed by atoms with van der Waals surface area (Å²) in [5.74, 6) is 0.718. The molecule has 32 heavy (non-hydrogen) atoms. The third-order valence-electron chi connectivity index (χ3n) is 6.25. The molecule has 0 unspecified atom stereocenters. The number of likely N-dealkylation sites (tertiary alicyclic amines) is 1. The van der Waals surface area contributed by atoms with Crippen LogP contribution in [-0.2, 0) is 0 Å². The van der Waals surface area contributed by atoms with Gasteiger partial charge in [0.05, 0.1) is 23.6 Å². The first kappa shape index (κ1) is 19.0. The van der Waals surface area contributed by atoms with Gasteiger partial charge in [0.2, 0.25) is 0 Å². The summed E-state index contributed by atoms with van der Waals surface area (Å²) < 4.78 is 13.6. The SMILES string of the molecule is CN1CCC(c2ccnc3[nH]c(-c4n[nH]c5cnc(-c6cncc(F)c6)cc45)nc23)CC1. The zero-order chi connectivity index (χ0) is 21.7. The van der Waals surface area contributed by atoms with Gasteiger partial charge in [-0.25, -0.2) is 14.4 Å². The molecule has 1 aliphatic rings. The number of nitrogens with zero attached hydrogens (tertiary/aromatic N) is 6. The minimum atomic E-state index is -0.401. The fraction of sp³-hybridized carbons (Fsp3) is 0.261. The summed E-state index contributed by atoms with van der Waals surface area (Å²) in [7, 11) is 2.16. The van der Waals surface area contributed by atoms with Crippen molar-refractivity contribution in [2.75, 3.05) is 20.1 Å². The van der Waals surface area contributed by atoms with E-state index in [9.17, 15) is 4.39 Å². The minimum absolute atomic E-state index is 0.401. The lowest BCUT2D eigenvalue weighted by molar-refractivity contribution is 0.256. The highest BCUT2D eigenvalue weighted by atomic mass is 19.1. The van der Waals surface area contributed by atoms with Crippen molar-refractivity contribution >= 4 is 22.1 Å². The third-order valence-corrected chi connectivity index (χ3v) is 6.25. The van der Waals surface area contributed by atoms with Crippen LogP contribution in [0.25, 0.3) is 44.8 Å². The van der Waals surface area contributed by atoms with E-state index in [1.54, 1.807) is 12.4 Å². The van der Waals surface area contributed by atoms with Crippen LogP contribution in [-0.4, -0.2) is 60.2 Å². The van der Waals surface area contributed by atoms with Crippen LogP contribution in [0.5, 0.6) is 0 Å². The fourth-order valence-electron chi connectivity index (χ4n) is 4.50. The van der Waals surface area contributed by atoms with Gasteiger partial charge < -0.3 is 9.88 Å². The Labute approximate surface area is 183 Å². The summed E-state index contributed by atoms with van der Waals surface area (Å²) >= 11 is 0. The second-order valence-electron chi connectivity index (χ2n) is 8.34. The maximum absolute atomic E-state index is 13.6. The van der Waals surface area contributed by atoms with E-state index in [1.807, 2.05) is 12.3 Å². The lowest BCUT2D eigenvalue weighted by Crippen LogP contribution is -2.29. The minimum Gasteiger partial charge on any atom is -0.321 e. The molecule has 2 N–H and O–H groups in total. The number of pyridine rings is 3. The van der Waals surface area contributed by atoms with E-state index in [4.69, 9.17) is 4.98 Å². The Morgan fingerprint density at radius 2 is 1.97 bits per heavy atom. The summed E-state index contributed by atoms with van der Waals surface area (Å²) in [6.07, 6.45) is 8.53. The smallest absolute Gasteiger partial charge is 0.160 e. The molecular weight excluding hydrogens is 407 g/mol. The zero-order valence-electron chi connectivity index (χ0n) is 17.5. The average Bonchev–Trinajstić information content (AvgIpc) is 3.43. The first-order chi connectivity index (χ1) is 15.7. The van der Waals surface area contributed by atoms with Crippen molar-refractivity contribution < 1.29 is 4.39 Å². The van der Waals surface area contributed by atoms with Crippen molar-refractivity contribution in [1.29, 1.82) is 0 Å². The number of rotatable bonds is 3. The van der Waals surface area contributed by atoms with Gasteiger partial charge in [-0.3, -0.25) is 15.1 Å². The van der Waals surface area contributed by atoms with Gasteiger partial charge >= 0.3 is 0 Å².